The summed E-state index contributed by atoms with van der Waals surface area (Å²) in [6, 6.07) is 16.6. The summed E-state index contributed by atoms with van der Waals surface area (Å²) in [6.07, 6.45) is 9.01. The second kappa shape index (κ2) is 14.1. The Morgan fingerprint density at radius 3 is 2.03 bits per heavy atom. The van der Waals surface area contributed by atoms with Crippen molar-refractivity contribution in [3.8, 4) is 11.1 Å². The van der Waals surface area contributed by atoms with E-state index in [9.17, 15) is 9.18 Å². The molecule has 0 aliphatic heterocycles. The van der Waals surface area contributed by atoms with Gasteiger partial charge in [0.15, 0.2) is 0 Å². The van der Waals surface area contributed by atoms with Gasteiger partial charge in [-0.15, -0.1) is 6.58 Å². The van der Waals surface area contributed by atoms with Gasteiger partial charge in [0.05, 0.1) is 18.4 Å². The number of ether oxygens (including phenoxy) is 1. The number of nitrogens with one attached hydrogen (secondary N) is 2. The highest BCUT2D eigenvalue weighted by atomic mass is 19.1. The molecule has 2 aromatic carbocycles. The van der Waals surface area contributed by atoms with Crippen LogP contribution in [0, 0.1) is 0 Å². The van der Waals surface area contributed by atoms with E-state index in [0.29, 0.717) is 0 Å². The van der Waals surface area contributed by atoms with Crippen molar-refractivity contribution >= 4 is 6.03 Å². The second-order valence-electron chi connectivity index (χ2n) is 7.75. The van der Waals surface area contributed by atoms with E-state index in [2.05, 4.69) is 47.2 Å². The number of hydrogen-bond donors (Lipinski definition) is 3. The summed E-state index contributed by atoms with van der Waals surface area (Å²) in [7, 11) is 1.50. The van der Waals surface area contributed by atoms with E-state index in [1.165, 1.54) is 24.3 Å². The Hall–Kier alpha value is -3.12. The molecule has 6 heteroatoms. The van der Waals surface area contributed by atoms with Crippen molar-refractivity contribution < 1.29 is 13.9 Å². The third-order valence-electron chi connectivity index (χ3n) is 5.63. The standard InChI is InChI=1S/C23H26N2O2.C3H5F.CH5N/c1-2-15-27-17-13-11-16(12-14-17)24-23(26)25-22-20-9-5-3-7-18(20)19-8-4-6-10-21(19)22;1-2-3-4;1-2/h2-10,15-17,22H,11-14H2,1H3,(H2,24,25,26);2H,1,3H2;2H2,1H3/b15-2+;;. The number of hydrogen-bond acceptors (Lipinski definition) is 3. The molecule has 0 bridgehead atoms. The van der Waals surface area contributed by atoms with Gasteiger partial charge < -0.3 is 21.1 Å². The van der Waals surface area contributed by atoms with Gasteiger partial charge in [-0.05, 0) is 61.9 Å². The molecule has 0 spiro atoms. The molecule has 178 valence electrons. The number of carbonyl (C=O) groups excluding carboxylic acids is 1. The Kier molecular flexibility index (Phi) is 11.2. The summed E-state index contributed by atoms with van der Waals surface area (Å²) >= 11 is 0. The summed E-state index contributed by atoms with van der Waals surface area (Å²) in [5.41, 5.74) is 9.25. The first kappa shape index (κ1) is 26.1. The number of urea groups is 1. The lowest BCUT2D eigenvalue weighted by Crippen LogP contribution is -2.45. The van der Waals surface area contributed by atoms with Crippen LogP contribution in [0.15, 0.2) is 73.5 Å². The number of benzene rings is 2. The molecule has 0 unspecified atom stereocenters. The Morgan fingerprint density at radius 1 is 1.03 bits per heavy atom. The lowest BCUT2D eigenvalue weighted by Gasteiger charge is -2.29. The third-order valence-corrected chi connectivity index (χ3v) is 5.63. The fourth-order valence-corrected chi connectivity index (χ4v) is 4.20. The summed E-state index contributed by atoms with van der Waals surface area (Å²) in [5.74, 6) is 0. The Labute approximate surface area is 196 Å². The molecule has 2 amide bonds. The van der Waals surface area contributed by atoms with Crippen molar-refractivity contribution in [1.29, 1.82) is 0 Å². The number of carbonyl (C=O) groups is 1. The number of amides is 2. The first-order valence-electron chi connectivity index (χ1n) is 11.4. The van der Waals surface area contributed by atoms with Crippen LogP contribution in [0.25, 0.3) is 11.1 Å². The highest BCUT2D eigenvalue weighted by Crippen LogP contribution is 2.42. The van der Waals surface area contributed by atoms with E-state index >= 15 is 0 Å². The first-order chi connectivity index (χ1) is 16.2. The average molecular weight is 454 g/mol. The summed E-state index contributed by atoms with van der Waals surface area (Å²) in [6.45, 7) is 4.64. The minimum atomic E-state index is -0.417. The molecule has 4 N–H and O–H groups in total. The minimum absolute atomic E-state index is 0.0910. The molecule has 33 heavy (non-hydrogen) atoms. The van der Waals surface area contributed by atoms with Crippen molar-refractivity contribution in [1.82, 2.24) is 10.6 Å². The van der Waals surface area contributed by atoms with Crippen molar-refractivity contribution in [2.24, 2.45) is 5.73 Å². The maximum atomic E-state index is 12.7. The van der Waals surface area contributed by atoms with Crippen molar-refractivity contribution in [2.45, 2.75) is 50.8 Å². The predicted molar refractivity (Wildman–Crippen MR) is 134 cm³/mol. The van der Waals surface area contributed by atoms with Gasteiger partial charge in [-0.1, -0.05) is 60.7 Å². The molecule has 2 aromatic rings. The predicted octanol–water partition coefficient (Wildman–Crippen LogP) is 5.63. The van der Waals surface area contributed by atoms with E-state index in [4.69, 9.17) is 4.74 Å². The SMILES string of the molecule is C/C=C/OC1CCC(NC(=O)NC2c3ccccc3-c3ccccc32)CC1.C=CCF.CN. The highest BCUT2D eigenvalue weighted by molar-refractivity contribution is 5.82. The Bertz CT molecular complexity index is 862. The normalized spacial score (nSPS) is 18.5. The molecule has 0 heterocycles. The fraction of sp³-hybridized carbons (Fsp3) is 0.370. The van der Waals surface area contributed by atoms with Crippen molar-refractivity contribution in [2.75, 3.05) is 13.7 Å². The zero-order chi connectivity index (χ0) is 24.1. The van der Waals surface area contributed by atoms with Crippen LogP contribution in [0.5, 0.6) is 0 Å². The van der Waals surface area contributed by atoms with Crippen LogP contribution in [-0.2, 0) is 4.74 Å². The van der Waals surface area contributed by atoms with Crippen molar-refractivity contribution in [3.63, 3.8) is 0 Å². The molecule has 1 saturated carbocycles. The van der Waals surface area contributed by atoms with Gasteiger partial charge in [-0.3, -0.25) is 0 Å². The molecule has 2 aliphatic rings. The van der Waals surface area contributed by atoms with Gasteiger partial charge in [0.25, 0.3) is 0 Å². The average Bonchev–Trinajstić information content (AvgIpc) is 3.18. The van der Waals surface area contributed by atoms with Crippen LogP contribution in [0.3, 0.4) is 0 Å². The van der Waals surface area contributed by atoms with E-state index in [0.717, 1.165) is 36.8 Å². The van der Waals surface area contributed by atoms with Crippen molar-refractivity contribution in [3.05, 3.63) is 84.7 Å². The number of alkyl halides is 1. The van der Waals surface area contributed by atoms with Crippen LogP contribution in [0.2, 0.25) is 0 Å². The monoisotopic (exact) mass is 453 g/mol. The van der Waals surface area contributed by atoms with Gasteiger partial charge >= 0.3 is 6.03 Å². The number of fused-ring (bicyclic) bond motifs is 3. The molecule has 5 nitrogen and oxygen atoms in total. The molecular weight excluding hydrogens is 417 g/mol. The third kappa shape index (κ3) is 7.19. The minimum Gasteiger partial charge on any atom is -0.498 e. The van der Waals surface area contributed by atoms with E-state index in [1.807, 2.05) is 37.3 Å². The van der Waals surface area contributed by atoms with E-state index in [1.54, 1.807) is 6.26 Å². The lowest BCUT2D eigenvalue weighted by molar-refractivity contribution is 0.0959. The Balaban J connectivity index is 0.000000582. The lowest BCUT2D eigenvalue weighted by atomic mass is 9.93. The molecule has 0 aromatic heterocycles. The number of allylic oxidation sites excluding steroid dienone is 2. The topological polar surface area (TPSA) is 76.4 Å². The van der Waals surface area contributed by atoms with E-state index in [-0.39, 0.29) is 24.2 Å². The van der Waals surface area contributed by atoms with Gasteiger partial charge in [0.2, 0.25) is 0 Å². The molecule has 4 rings (SSSR count). The zero-order valence-electron chi connectivity index (χ0n) is 19.6. The molecule has 0 radical (unpaired) electrons. The van der Waals surface area contributed by atoms with Gasteiger partial charge in [0.1, 0.15) is 6.67 Å². The number of halogens is 1. The zero-order valence-corrected chi connectivity index (χ0v) is 19.6. The maximum absolute atomic E-state index is 12.7. The second-order valence-corrected chi connectivity index (χ2v) is 7.75. The molecule has 0 saturated heterocycles. The molecular formula is C27H36FN3O2. The smallest absolute Gasteiger partial charge is 0.315 e. The number of rotatable bonds is 5. The fourth-order valence-electron chi connectivity index (χ4n) is 4.20. The van der Waals surface area contributed by atoms with Crippen LogP contribution in [-0.4, -0.2) is 31.9 Å². The summed E-state index contributed by atoms with van der Waals surface area (Å²) < 4.78 is 16.3. The Morgan fingerprint density at radius 2 is 1.55 bits per heavy atom. The van der Waals surface area contributed by atoms with Gasteiger partial charge in [-0.25, -0.2) is 9.18 Å². The van der Waals surface area contributed by atoms with Crippen LogP contribution >= 0.6 is 0 Å². The quantitative estimate of drug-likeness (QED) is 0.405. The summed E-state index contributed by atoms with van der Waals surface area (Å²) in [5, 5.41) is 6.35. The number of nitrogens with two attached hydrogens (primary N) is 1. The largest absolute Gasteiger partial charge is 0.498 e. The van der Waals surface area contributed by atoms with Gasteiger partial charge in [-0.2, -0.15) is 0 Å². The van der Waals surface area contributed by atoms with Crippen LogP contribution in [0.1, 0.15) is 49.8 Å². The van der Waals surface area contributed by atoms with E-state index < -0.39 is 6.67 Å². The van der Waals surface area contributed by atoms with Crippen LogP contribution in [0.4, 0.5) is 9.18 Å². The van der Waals surface area contributed by atoms with Crippen LogP contribution < -0.4 is 16.4 Å². The first-order valence-corrected chi connectivity index (χ1v) is 11.4. The van der Waals surface area contributed by atoms with Gasteiger partial charge in [0, 0.05) is 6.04 Å². The molecule has 2 aliphatic carbocycles. The molecule has 1 fully saturated rings. The summed E-state index contributed by atoms with van der Waals surface area (Å²) in [4.78, 5) is 12.7. The molecule has 0 atom stereocenters. The highest BCUT2D eigenvalue weighted by Gasteiger charge is 2.30. The maximum Gasteiger partial charge on any atom is 0.315 e.